The third-order valence-corrected chi connectivity index (χ3v) is 4.41. The molecule has 6 heteroatoms. The van der Waals surface area contributed by atoms with Crippen molar-refractivity contribution in [1.29, 1.82) is 0 Å². The summed E-state index contributed by atoms with van der Waals surface area (Å²) in [5.74, 6) is 0.458. The average molecular weight is 326 g/mol. The Morgan fingerprint density at radius 3 is 2.74 bits per heavy atom. The first-order valence-electron chi connectivity index (χ1n) is 7.47. The fourth-order valence-corrected chi connectivity index (χ4v) is 3.25. The molecular weight excluding hydrogens is 310 g/mol. The molecule has 0 saturated heterocycles. The number of benzene rings is 1. The molecule has 0 atom stereocenters. The molecule has 5 nitrogen and oxygen atoms in total. The smallest absolute Gasteiger partial charge is 0.135 e. The Bertz CT molecular complexity index is 1030. The highest BCUT2D eigenvalue weighted by atomic mass is 35.5. The molecule has 0 unspecified atom stereocenters. The molecule has 4 aromatic rings. The lowest BCUT2D eigenvalue weighted by Crippen LogP contribution is -2.02. The quantitative estimate of drug-likeness (QED) is 0.574. The molecule has 0 aliphatic heterocycles. The number of hydrogen-bond donors (Lipinski definition) is 2. The molecule has 0 aliphatic carbocycles. The van der Waals surface area contributed by atoms with E-state index in [1.807, 2.05) is 35.0 Å². The van der Waals surface area contributed by atoms with Crippen LogP contribution in [0.3, 0.4) is 0 Å². The Hall–Kier alpha value is -2.53. The fraction of sp³-hybridized carbons (Fsp3) is 0.176. The second-order valence-corrected chi connectivity index (χ2v) is 6.21. The highest BCUT2D eigenvalue weighted by Crippen LogP contribution is 2.39. The molecule has 1 aromatic carbocycles. The SMILES string of the molecule is CC(C)n1nc(-c2[nH]c3ccccc3c2Cl)c2c(N)nccc21. The van der Waals surface area contributed by atoms with Crippen LogP contribution < -0.4 is 5.73 Å². The van der Waals surface area contributed by atoms with Crippen LogP contribution in [0.5, 0.6) is 0 Å². The van der Waals surface area contributed by atoms with Crippen LogP contribution >= 0.6 is 11.6 Å². The number of nitrogens with one attached hydrogen (secondary N) is 1. The first-order chi connectivity index (χ1) is 11.1. The minimum atomic E-state index is 0.205. The summed E-state index contributed by atoms with van der Waals surface area (Å²) in [6.45, 7) is 4.17. The van der Waals surface area contributed by atoms with Gasteiger partial charge >= 0.3 is 0 Å². The number of anilines is 1. The summed E-state index contributed by atoms with van der Waals surface area (Å²) in [7, 11) is 0. The van der Waals surface area contributed by atoms with E-state index < -0.39 is 0 Å². The Morgan fingerprint density at radius 1 is 1.22 bits per heavy atom. The molecule has 0 bridgehead atoms. The molecule has 0 amide bonds. The lowest BCUT2D eigenvalue weighted by molar-refractivity contribution is 0.552. The number of hydrogen-bond acceptors (Lipinski definition) is 3. The number of fused-ring (bicyclic) bond motifs is 2. The molecule has 0 spiro atoms. The molecule has 0 fully saturated rings. The normalized spacial score (nSPS) is 11.8. The van der Waals surface area contributed by atoms with Crippen LogP contribution in [-0.4, -0.2) is 19.7 Å². The van der Waals surface area contributed by atoms with Crippen molar-refractivity contribution >= 4 is 39.2 Å². The topological polar surface area (TPSA) is 72.5 Å². The number of rotatable bonds is 2. The lowest BCUT2D eigenvalue weighted by atomic mass is 10.2. The zero-order chi connectivity index (χ0) is 16.1. The van der Waals surface area contributed by atoms with Crippen molar-refractivity contribution in [3.05, 3.63) is 41.6 Å². The number of nitrogens with zero attached hydrogens (tertiary/aromatic N) is 3. The summed E-state index contributed by atoms with van der Waals surface area (Å²) in [6.07, 6.45) is 1.70. The van der Waals surface area contributed by atoms with Gasteiger partial charge in [-0.1, -0.05) is 29.8 Å². The van der Waals surface area contributed by atoms with Gasteiger partial charge in [0.25, 0.3) is 0 Å². The molecule has 116 valence electrons. The van der Waals surface area contributed by atoms with Gasteiger partial charge in [0.05, 0.1) is 21.6 Å². The number of nitrogen functional groups attached to an aromatic ring is 1. The third-order valence-electron chi connectivity index (χ3n) is 4.02. The average Bonchev–Trinajstić information content (AvgIpc) is 3.07. The van der Waals surface area contributed by atoms with E-state index in [-0.39, 0.29) is 6.04 Å². The summed E-state index contributed by atoms with van der Waals surface area (Å²) >= 11 is 6.59. The van der Waals surface area contributed by atoms with Gasteiger partial charge in [0.2, 0.25) is 0 Å². The van der Waals surface area contributed by atoms with Gasteiger partial charge in [0.15, 0.2) is 0 Å². The van der Waals surface area contributed by atoms with Crippen molar-refractivity contribution in [3.63, 3.8) is 0 Å². The molecule has 0 aliphatic rings. The maximum Gasteiger partial charge on any atom is 0.135 e. The minimum absolute atomic E-state index is 0.205. The van der Waals surface area contributed by atoms with Gasteiger partial charge in [0.1, 0.15) is 11.5 Å². The first kappa shape index (κ1) is 14.1. The number of nitrogens with two attached hydrogens (primary N) is 1. The van der Waals surface area contributed by atoms with Crippen LogP contribution in [0.15, 0.2) is 36.5 Å². The summed E-state index contributed by atoms with van der Waals surface area (Å²) < 4.78 is 1.95. The molecular formula is C17H16ClN5. The van der Waals surface area contributed by atoms with E-state index in [0.29, 0.717) is 10.8 Å². The van der Waals surface area contributed by atoms with E-state index in [2.05, 4.69) is 23.8 Å². The maximum absolute atomic E-state index is 6.59. The Balaban J connectivity index is 2.10. The number of aromatic nitrogens is 4. The number of H-pyrrole nitrogens is 1. The molecule has 0 saturated carbocycles. The predicted molar refractivity (Wildman–Crippen MR) is 94.6 cm³/mol. The summed E-state index contributed by atoms with van der Waals surface area (Å²) in [5.41, 5.74) is 9.57. The van der Waals surface area contributed by atoms with Gasteiger partial charge in [-0.2, -0.15) is 5.10 Å². The molecule has 4 rings (SSSR count). The van der Waals surface area contributed by atoms with Gasteiger partial charge in [0, 0.05) is 23.1 Å². The Labute approximate surface area is 138 Å². The summed E-state index contributed by atoms with van der Waals surface area (Å²) in [4.78, 5) is 7.58. The van der Waals surface area contributed by atoms with Gasteiger partial charge in [-0.15, -0.1) is 0 Å². The molecule has 3 heterocycles. The van der Waals surface area contributed by atoms with E-state index in [9.17, 15) is 0 Å². The highest BCUT2D eigenvalue weighted by Gasteiger charge is 2.21. The van der Waals surface area contributed by atoms with Gasteiger partial charge in [-0.05, 0) is 26.0 Å². The van der Waals surface area contributed by atoms with E-state index >= 15 is 0 Å². The van der Waals surface area contributed by atoms with Crippen molar-refractivity contribution in [2.24, 2.45) is 0 Å². The zero-order valence-corrected chi connectivity index (χ0v) is 13.6. The van der Waals surface area contributed by atoms with Crippen molar-refractivity contribution in [3.8, 4) is 11.4 Å². The zero-order valence-electron chi connectivity index (χ0n) is 12.8. The van der Waals surface area contributed by atoms with Crippen molar-refractivity contribution in [2.45, 2.75) is 19.9 Å². The van der Waals surface area contributed by atoms with Gasteiger partial charge in [-0.3, -0.25) is 4.68 Å². The Morgan fingerprint density at radius 2 is 2.00 bits per heavy atom. The van der Waals surface area contributed by atoms with Crippen molar-refractivity contribution in [1.82, 2.24) is 19.7 Å². The monoisotopic (exact) mass is 325 g/mol. The minimum Gasteiger partial charge on any atom is -0.383 e. The van der Waals surface area contributed by atoms with Crippen LogP contribution in [0.1, 0.15) is 19.9 Å². The second-order valence-electron chi connectivity index (χ2n) is 5.84. The number of aromatic amines is 1. The second kappa shape index (κ2) is 4.99. The summed E-state index contributed by atoms with van der Waals surface area (Å²) in [6, 6.07) is 10.1. The highest BCUT2D eigenvalue weighted by molar-refractivity contribution is 6.38. The fourth-order valence-electron chi connectivity index (χ4n) is 2.95. The predicted octanol–water partition coefficient (Wildman–Crippen LogP) is 4.40. The first-order valence-corrected chi connectivity index (χ1v) is 7.85. The van der Waals surface area contributed by atoms with Crippen LogP contribution in [0, 0.1) is 0 Å². The molecule has 23 heavy (non-hydrogen) atoms. The molecule has 3 aromatic heterocycles. The van der Waals surface area contributed by atoms with E-state index in [0.717, 1.165) is 33.2 Å². The van der Waals surface area contributed by atoms with Gasteiger partial charge in [-0.25, -0.2) is 4.98 Å². The molecule has 3 N–H and O–H groups in total. The number of pyridine rings is 1. The van der Waals surface area contributed by atoms with Crippen LogP contribution in [-0.2, 0) is 0 Å². The molecule has 0 radical (unpaired) electrons. The largest absolute Gasteiger partial charge is 0.383 e. The summed E-state index contributed by atoms with van der Waals surface area (Å²) in [5, 5.41) is 7.21. The lowest BCUT2D eigenvalue weighted by Gasteiger charge is -2.06. The van der Waals surface area contributed by atoms with Crippen LogP contribution in [0.4, 0.5) is 5.82 Å². The van der Waals surface area contributed by atoms with E-state index in [4.69, 9.17) is 22.4 Å². The van der Waals surface area contributed by atoms with E-state index in [1.165, 1.54) is 0 Å². The van der Waals surface area contributed by atoms with Crippen molar-refractivity contribution < 1.29 is 0 Å². The number of para-hydroxylation sites is 1. The van der Waals surface area contributed by atoms with E-state index in [1.54, 1.807) is 6.20 Å². The van der Waals surface area contributed by atoms with Crippen LogP contribution in [0.25, 0.3) is 33.2 Å². The van der Waals surface area contributed by atoms with Gasteiger partial charge < -0.3 is 10.7 Å². The van der Waals surface area contributed by atoms with Crippen molar-refractivity contribution in [2.75, 3.05) is 5.73 Å². The standard InChI is InChI=1S/C17H16ClN5/c1-9(2)23-12-7-8-20-17(19)13(12)15(22-23)16-14(18)10-5-3-4-6-11(10)21-16/h3-9,21H,1-2H3,(H2,19,20). The third kappa shape index (κ3) is 2.00. The van der Waals surface area contributed by atoms with Crippen LogP contribution in [0.2, 0.25) is 5.02 Å². The Kier molecular flexibility index (Phi) is 3.06. The maximum atomic E-state index is 6.59. The number of halogens is 1.